The van der Waals surface area contributed by atoms with E-state index in [0.717, 1.165) is 12.0 Å². The Morgan fingerprint density at radius 2 is 2.00 bits per heavy atom. The maximum Gasteiger partial charge on any atom is 0.407 e. The Balaban J connectivity index is 2.31. The van der Waals surface area contributed by atoms with E-state index in [1.54, 1.807) is 12.1 Å². The second kappa shape index (κ2) is 9.30. The van der Waals surface area contributed by atoms with Gasteiger partial charge in [0.15, 0.2) is 0 Å². The lowest BCUT2D eigenvalue weighted by molar-refractivity contribution is 0.0534. The molecule has 1 rings (SSSR count). The average Bonchev–Trinajstić information content (AvgIpc) is 2.44. The number of carbonyl (C=O) groups is 1. The Labute approximate surface area is 138 Å². The van der Waals surface area contributed by atoms with Crippen LogP contribution in [0.2, 0.25) is 0 Å². The largest absolute Gasteiger partial charge is 0.444 e. The van der Waals surface area contributed by atoms with E-state index in [-0.39, 0.29) is 11.9 Å². The molecule has 0 saturated carbocycles. The summed E-state index contributed by atoms with van der Waals surface area (Å²) in [6, 6.07) is 6.73. The maximum atomic E-state index is 13.3. The molecule has 0 fully saturated rings. The monoisotopic (exact) mass is 322 g/mol. The van der Waals surface area contributed by atoms with Gasteiger partial charge in [0, 0.05) is 19.1 Å². The third kappa shape index (κ3) is 8.35. The van der Waals surface area contributed by atoms with Crippen molar-refractivity contribution >= 4 is 6.09 Å². The van der Waals surface area contributed by atoms with Crippen molar-refractivity contribution in [2.45, 2.75) is 45.8 Å². The summed E-state index contributed by atoms with van der Waals surface area (Å²) in [6.45, 7) is 8.58. The van der Waals surface area contributed by atoms with Crippen LogP contribution in [0.1, 0.15) is 45.7 Å². The van der Waals surface area contributed by atoms with Crippen LogP contribution in [0, 0.1) is 5.82 Å². The molecule has 23 heavy (non-hydrogen) atoms. The van der Waals surface area contributed by atoms with Crippen LogP contribution in [-0.2, 0) is 4.74 Å². The molecule has 0 aliphatic heterocycles. The zero-order valence-corrected chi connectivity index (χ0v) is 14.4. The van der Waals surface area contributed by atoms with Gasteiger partial charge in [-0.25, -0.2) is 9.18 Å². The third-order valence-electron chi connectivity index (χ3n) is 3.07. The fourth-order valence-corrected chi connectivity index (χ4v) is 2.05. The van der Waals surface area contributed by atoms with Crippen LogP contribution in [0.15, 0.2) is 36.4 Å². The molecular weight excluding hydrogens is 295 g/mol. The smallest absolute Gasteiger partial charge is 0.407 e. The summed E-state index contributed by atoms with van der Waals surface area (Å²) in [5, 5.41) is 6.00. The Kier molecular flexibility index (Phi) is 7.75. The SMILES string of the molecule is CCC(NC/C=C/CNC(=O)OC(C)(C)C)c1cccc(F)c1. The summed E-state index contributed by atoms with van der Waals surface area (Å²) in [4.78, 5) is 11.4. The van der Waals surface area contributed by atoms with Gasteiger partial charge in [0.1, 0.15) is 11.4 Å². The highest BCUT2D eigenvalue weighted by Gasteiger charge is 2.15. The number of rotatable bonds is 7. The molecule has 0 heterocycles. The fourth-order valence-electron chi connectivity index (χ4n) is 2.05. The highest BCUT2D eigenvalue weighted by Crippen LogP contribution is 2.17. The summed E-state index contributed by atoms with van der Waals surface area (Å²) < 4.78 is 18.4. The third-order valence-corrected chi connectivity index (χ3v) is 3.07. The lowest BCUT2D eigenvalue weighted by Crippen LogP contribution is -2.32. The molecule has 0 radical (unpaired) electrons. The molecule has 1 atom stereocenters. The molecule has 1 aromatic carbocycles. The van der Waals surface area contributed by atoms with Gasteiger partial charge < -0.3 is 15.4 Å². The first kappa shape index (κ1) is 19.2. The summed E-state index contributed by atoms with van der Waals surface area (Å²) in [5.74, 6) is -0.222. The molecule has 1 aromatic rings. The molecule has 2 N–H and O–H groups in total. The lowest BCUT2D eigenvalue weighted by Gasteiger charge is -2.19. The Hall–Kier alpha value is -1.88. The van der Waals surface area contributed by atoms with Gasteiger partial charge in [0.25, 0.3) is 0 Å². The van der Waals surface area contributed by atoms with Gasteiger partial charge in [0.05, 0.1) is 0 Å². The number of alkyl carbamates (subject to hydrolysis) is 1. The van der Waals surface area contributed by atoms with Gasteiger partial charge in [-0.3, -0.25) is 0 Å². The number of carbonyl (C=O) groups excluding carboxylic acids is 1. The molecule has 0 aliphatic carbocycles. The number of benzene rings is 1. The normalized spacial score (nSPS) is 13.1. The van der Waals surface area contributed by atoms with Gasteiger partial charge >= 0.3 is 6.09 Å². The Morgan fingerprint density at radius 3 is 2.61 bits per heavy atom. The highest BCUT2D eigenvalue weighted by molar-refractivity contribution is 5.67. The molecule has 5 heteroatoms. The minimum atomic E-state index is -0.491. The minimum Gasteiger partial charge on any atom is -0.444 e. The topological polar surface area (TPSA) is 50.4 Å². The second-order valence-electron chi connectivity index (χ2n) is 6.28. The van der Waals surface area contributed by atoms with Gasteiger partial charge in [-0.1, -0.05) is 31.2 Å². The van der Waals surface area contributed by atoms with E-state index in [0.29, 0.717) is 13.1 Å². The van der Waals surface area contributed by atoms with Gasteiger partial charge in [-0.15, -0.1) is 0 Å². The number of nitrogens with one attached hydrogen (secondary N) is 2. The summed E-state index contributed by atoms with van der Waals surface area (Å²) in [5.41, 5.74) is 0.446. The van der Waals surface area contributed by atoms with Gasteiger partial charge in [-0.05, 0) is 44.9 Å². The molecule has 128 valence electrons. The van der Waals surface area contributed by atoms with Crippen molar-refractivity contribution in [2.75, 3.05) is 13.1 Å². The van der Waals surface area contributed by atoms with Crippen molar-refractivity contribution in [1.29, 1.82) is 0 Å². The first-order valence-electron chi connectivity index (χ1n) is 7.92. The lowest BCUT2D eigenvalue weighted by atomic mass is 10.0. The standard InChI is InChI=1S/C18H27FN2O2/c1-5-16(14-9-8-10-15(19)13-14)20-11-6-7-12-21-17(22)23-18(2,3)4/h6-10,13,16,20H,5,11-12H2,1-4H3,(H,21,22)/b7-6+. The van der Waals surface area contributed by atoms with E-state index < -0.39 is 11.7 Å². The molecule has 0 spiro atoms. The van der Waals surface area contributed by atoms with Crippen LogP contribution in [0.5, 0.6) is 0 Å². The molecule has 1 amide bonds. The van der Waals surface area contributed by atoms with E-state index >= 15 is 0 Å². The van der Waals surface area contributed by atoms with Crippen LogP contribution in [0.4, 0.5) is 9.18 Å². The molecular formula is C18H27FN2O2. The summed E-state index contributed by atoms with van der Waals surface area (Å²) in [7, 11) is 0. The molecule has 4 nitrogen and oxygen atoms in total. The number of halogens is 1. The van der Waals surface area contributed by atoms with Crippen molar-refractivity contribution in [1.82, 2.24) is 10.6 Å². The van der Waals surface area contributed by atoms with Crippen molar-refractivity contribution in [3.05, 3.63) is 47.8 Å². The van der Waals surface area contributed by atoms with Crippen molar-refractivity contribution in [2.24, 2.45) is 0 Å². The van der Waals surface area contributed by atoms with Crippen LogP contribution < -0.4 is 10.6 Å². The predicted octanol–water partition coefficient (Wildman–Crippen LogP) is 3.95. The zero-order chi connectivity index (χ0) is 17.3. The van der Waals surface area contributed by atoms with Crippen molar-refractivity contribution in [3.63, 3.8) is 0 Å². The van der Waals surface area contributed by atoms with E-state index in [2.05, 4.69) is 17.6 Å². The fraction of sp³-hybridized carbons (Fsp3) is 0.500. The Bertz CT molecular complexity index is 524. The van der Waals surface area contributed by atoms with E-state index in [4.69, 9.17) is 4.74 Å². The molecule has 1 unspecified atom stereocenters. The first-order valence-corrected chi connectivity index (χ1v) is 7.92. The summed E-state index contributed by atoms with van der Waals surface area (Å²) >= 11 is 0. The van der Waals surface area contributed by atoms with Crippen LogP contribution in [0.25, 0.3) is 0 Å². The second-order valence-corrected chi connectivity index (χ2v) is 6.28. The van der Waals surface area contributed by atoms with Crippen LogP contribution in [-0.4, -0.2) is 24.8 Å². The number of ether oxygens (including phenoxy) is 1. The van der Waals surface area contributed by atoms with E-state index in [9.17, 15) is 9.18 Å². The van der Waals surface area contributed by atoms with Crippen molar-refractivity contribution in [3.8, 4) is 0 Å². The number of amides is 1. The Morgan fingerprint density at radius 1 is 1.30 bits per heavy atom. The molecule has 0 aromatic heterocycles. The number of hydrogen-bond acceptors (Lipinski definition) is 3. The maximum absolute atomic E-state index is 13.3. The van der Waals surface area contributed by atoms with Crippen LogP contribution in [0.3, 0.4) is 0 Å². The van der Waals surface area contributed by atoms with Crippen molar-refractivity contribution < 1.29 is 13.9 Å². The highest BCUT2D eigenvalue weighted by atomic mass is 19.1. The van der Waals surface area contributed by atoms with Gasteiger partial charge in [0.2, 0.25) is 0 Å². The predicted molar refractivity (Wildman–Crippen MR) is 90.8 cm³/mol. The van der Waals surface area contributed by atoms with Crippen LogP contribution >= 0.6 is 0 Å². The number of hydrogen-bond donors (Lipinski definition) is 2. The van der Waals surface area contributed by atoms with E-state index in [1.165, 1.54) is 6.07 Å². The van der Waals surface area contributed by atoms with Gasteiger partial charge in [-0.2, -0.15) is 0 Å². The molecule has 0 saturated heterocycles. The zero-order valence-electron chi connectivity index (χ0n) is 14.4. The average molecular weight is 322 g/mol. The summed E-state index contributed by atoms with van der Waals surface area (Å²) in [6.07, 6.45) is 4.23. The first-order chi connectivity index (χ1) is 10.8. The van der Waals surface area contributed by atoms with E-state index in [1.807, 2.05) is 39.0 Å². The minimum absolute atomic E-state index is 0.106. The quantitative estimate of drug-likeness (QED) is 0.747. The molecule has 0 aliphatic rings. The molecule has 0 bridgehead atoms.